The second-order valence-electron chi connectivity index (χ2n) is 27.5. The summed E-state index contributed by atoms with van der Waals surface area (Å²) in [5.74, 6) is -8.64. The number of hydrogen-bond acceptors (Lipinski definition) is 12. The summed E-state index contributed by atoms with van der Waals surface area (Å²) < 4.78 is 12.3. The van der Waals surface area contributed by atoms with E-state index in [1.54, 1.807) is 53.7 Å². The number of Topliss-reactive ketones (excluding diaryl/α,β-unsaturated/α-hetero) is 1. The van der Waals surface area contributed by atoms with E-state index in [0.717, 1.165) is 21.6 Å². The molecule has 0 unspecified atom stereocenters. The van der Waals surface area contributed by atoms with Crippen LogP contribution in [0, 0.1) is 35.5 Å². The Bertz CT molecular complexity index is 3200. The van der Waals surface area contributed by atoms with Crippen LogP contribution in [0.4, 0.5) is 0 Å². The molecule has 2 saturated heterocycles. The normalized spacial score (nSPS) is 24.3. The number of hydrogen-bond donors (Lipinski definition) is 3. The van der Waals surface area contributed by atoms with E-state index in [0.29, 0.717) is 42.7 Å². The Balaban J connectivity index is 1.50. The number of cyclic esters (lactones) is 1. The van der Waals surface area contributed by atoms with Crippen molar-refractivity contribution in [3.8, 4) is 16.9 Å². The number of benzene rings is 4. The highest BCUT2D eigenvalue weighted by Crippen LogP contribution is 2.31. The molecule has 0 aromatic heterocycles. The van der Waals surface area contributed by atoms with Crippen molar-refractivity contribution in [2.24, 2.45) is 35.5 Å². The number of carbonyl (C=O) groups is 9. The molecule has 2 fully saturated rings. The molecule has 19 nitrogen and oxygen atoms in total. The van der Waals surface area contributed by atoms with Crippen molar-refractivity contribution in [1.82, 2.24) is 35.1 Å². The standard InChI is InChI=1S/C74H103N7O12/c1-17-48(9)61-71(88)78(14)62(46(5)6)60(82)43-55(39-45(3)4)68(85)80(16)65(74(11,12)91)73(90)93-64(49(10)18-2)72(89)79(15)63(47(7)8)67(84)75-57(41-50-27-21-19-22-28-50)69(86)77(13)59(70(87)81-38-26-33-58(81)66(83)76-61)42-52-31-25-32-54(40-52)53-34-36-56(37-35-53)92-44-51-29-23-20-24-30-51/h19-25,27-32,34-37,40,45-49,55,57-59,61-65,91H,17-18,26,33,38-39,41-44H2,1-16H3,(H,75,84)(H,76,83)/t48-,49-,55+,57-,58-,59-,61-,62-,63-,64+,65+/m0/s1. The zero-order valence-electron chi connectivity index (χ0n) is 57.7. The molecule has 93 heavy (non-hydrogen) atoms. The van der Waals surface area contributed by atoms with Gasteiger partial charge in [-0.25, -0.2) is 4.79 Å². The van der Waals surface area contributed by atoms with Gasteiger partial charge in [0.1, 0.15) is 42.6 Å². The maximum absolute atomic E-state index is 15.8. The molecule has 7 amide bonds. The maximum Gasteiger partial charge on any atom is 0.332 e. The lowest BCUT2D eigenvalue weighted by molar-refractivity contribution is -0.178. The van der Waals surface area contributed by atoms with Crippen LogP contribution in [0.1, 0.15) is 138 Å². The van der Waals surface area contributed by atoms with Gasteiger partial charge in [-0.15, -0.1) is 0 Å². The van der Waals surface area contributed by atoms with Crippen molar-refractivity contribution in [3.05, 3.63) is 126 Å². The SMILES string of the molecule is CC[C@H](C)[C@@H]1NC(=O)[C@@H]2CCCN2C(=O)[C@H](Cc2cccc(-c3ccc(OCc4ccccc4)cc3)c2)N(C)C(=O)[C@H](Cc2ccccc2)NC(=O)[C@H](C(C)C)N(C)C(=O)[C@@H]([C@@H](C)CC)OC(=O)[C@H](C(C)(C)O)N(C)C(=O)[C@H](CC(C)C)CC(=O)[C@H](C(C)C)N(C)C1=O. The molecule has 4 aromatic carbocycles. The Hall–Kier alpha value is -7.93. The van der Waals surface area contributed by atoms with Gasteiger partial charge in [0.05, 0.1) is 11.6 Å². The van der Waals surface area contributed by atoms with Gasteiger partial charge >= 0.3 is 5.97 Å². The number of fused-ring (bicyclic) bond motifs is 1. The van der Waals surface area contributed by atoms with Crippen molar-refractivity contribution in [3.63, 3.8) is 0 Å². The third kappa shape index (κ3) is 18.9. The number of carbonyl (C=O) groups excluding carboxylic acids is 9. The first-order valence-corrected chi connectivity index (χ1v) is 33.2. The molecule has 2 aliphatic rings. The number of nitrogens with one attached hydrogen (secondary N) is 2. The highest BCUT2D eigenvalue weighted by molar-refractivity contribution is 5.99. The molecule has 0 spiro atoms. The van der Waals surface area contributed by atoms with Crippen LogP contribution in [0.2, 0.25) is 0 Å². The van der Waals surface area contributed by atoms with Crippen LogP contribution in [-0.4, -0.2) is 171 Å². The number of likely N-dealkylation sites (N-methyl/N-ethyl adjacent to an activating group) is 4. The lowest BCUT2D eigenvalue weighted by Gasteiger charge is -2.39. The third-order valence-corrected chi connectivity index (χ3v) is 18.6. The van der Waals surface area contributed by atoms with Crippen LogP contribution in [0.3, 0.4) is 0 Å². The van der Waals surface area contributed by atoms with E-state index in [-0.39, 0.29) is 44.6 Å². The average Bonchev–Trinajstić information content (AvgIpc) is 1.84. The van der Waals surface area contributed by atoms with Gasteiger partial charge in [-0.1, -0.05) is 173 Å². The summed E-state index contributed by atoms with van der Waals surface area (Å²) in [7, 11) is 5.78. The molecule has 4 aromatic rings. The van der Waals surface area contributed by atoms with E-state index in [2.05, 4.69) is 10.6 Å². The lowest BCUT2D eigenvalue weighted by Crippen LogP contribution is -2.61. The molecule has 19 heteroatoms. The van der Waals surface area contributed by atoms with Gasteiger partial charge in [0.15, 0.2) is 17.9 Å². The summed E-state index contributed by atoms with van der Waals surface area (Å²) in [6.45, 7) is 21.3. The Labute approximate surface area is 551 Å². The molecule has 2 heterocycles. The minimum atomic E-state index is -1.96. The second kappa shape index (κ2) is 33.3. The number of amides is 7. The molecule has 2 aliphatic heterocycles. The van der Waals surface area contributed by atoms with E-state index in [1.807, 2.05) is 125 Å². The first-order chi connectivity index (χ1) is 43.9. The molecule has 6 rings (SSSR count). The van der Waals surface area contributed by atoms with E-state index in [1.165, 1.54) is 61.6 Å². The monoisotopic (exact) mass is 1280 g/mol. The number of ether oxygens (including phenoxy) is 2. The predicted molar refractivity (Wildman–Crippen MR) is 359 cm³/mol. The van der Waals surface area contributed by atoms with Gasteiger partial charge in [0.2, 0.25) is 35.4 Å². The largest absolute Gasteiger partial charge is 0.489 e. The maximum atomic E-state index is 15.8. The molecule has 0 aliphatic carbocycles. The number of aliphatic hydroxyl groups is 1. The van der Waals surface area contributed by atoms with Crippen LogP contribution in [0.5, 0.6) is 5.75 Å². The van der Waals surface area contributed by atoms with E-state index in [9.17, 15) is 19.5 Å². The molecular formula is C74H103N7O12. The summed E-state index contributed by atoms with van der Waals surface area (Å²) in [6, 6.07) is 25.3. The minimum absolute atomic E-state index is 0.0251. The van der Waals surface area contributed by atoms with Crippen molar-refractivity contribution >= 4 is 53.1 Å². The number of nitrogens with zero attached hydrogens (tertiary/aromatic N) is 5. The highest BCUT2D eigenvalue weighted by Gasteiger charge is 2.48. The zero-order chi connectivity index (χ0) is 68.8. The fourth-order valence-electron chi connectivity index (χ4n) is 13.1. The van der Waals surface area contributed by atoms with Crippen molar-refractivity contribution in [2.45, 2.75) is 195 Å². The van der Waals surface area contributed by atoms with Crippen LogP contribution in [-0.2, 0) is 67.3 Å². The predicted octanol–water partition coefficient (Wildman–Crippen LogP) is 8.71. The summed E-state index contributed by atoms with van der Waals surface area (Å²) >= 11 is 0. The average molecular weight is 1280 g/mol. The quantitative estimate of drug-likeness (QED) is 0.0843. The Morgan fingerprint density at radius 1 is 0.591 bits per heavy atom. The highest BCUT2D eigenvalue weighted by atomic mass is 16.6. The summed E-state index contributed by atoms with van der Waals surface area (Å²) in [5, 5.41) is 17.8. The second-order valence-corrected chi connectivity index (χ2v) is 27.5. The van der Waals surface area contributed by atoms with Gasteiger partial charge in [0.25, 0.3) is 5.91 Å². The van der Waals surface area contributed by atoms with Crippen LogP contribution >= 0.6 is 0 Å². The van der Waals surface area contributed by atoms with Gasteiger partial charge in [-0.3, -0.25) is 38.4 Å². The third-order valence-electron chi connectivity index (χ3n) is 18.6. The summed E-state index contributed by atoms with van der Waals surface area (Å²) in [6.07, 6.45) is -0.312. The molecule has 0 bridgehead atoms. The molecule has 3 N–H and O–H groups in total. The Morgan fingerprint density at radius 2 is 1.17 bits per heavy atom. The van der Waals surface area contributed by atoms with Gasteiger partial charge in [0, 0.05) is 65.8 Å². The lowest BCUT2D eigenvalue weighted by atomic mass is 9.85. The first-order valence-electron chi connectivity index (χ1n) is 33.2. The minimum Gasteiger partial charge on any atom is -0.489 e. The molecular weight excluding hydrogens is 1180 g/mol. The van der Waals surface area contributed by atoms with Crippen LogP contribution in [0.25, 0.3) is 11.1 Å². The molecule has 11 atom stereocenters. The zero-order valence-corrected chi connectivity index (χ0v) is 57.7. The fourth-order valence-corrected chi connectivity index (χ4v) is 13.1. The summed E-state index contributed by atoms with van der Waals surface area (Å²) in [4.78, 5) is 143. The number of ketones is 1. The van der Waals surface area contributed by atoms with Crippen molar-refractivity contribution < 1.29 is 57.7 Å². The van der Waals surface area contributed by atoms with Gasteiger partial charge in [-0.05, 0) is 103 Å². The van der Waals surface area contributed by atoms with Gasteiger partial charge < -0.3 is 49.7 Å². The number of rotatable bonds is 17. The topological polar surface area (TPSA) is 233 Å². The van der Waals surface area contributed by atoms with Crippen LogP contribution < -0.4 is 15.4 Å². The first kappa shape index (κ1) is 74.1. The molecule has 506 valence electrons. The Morgan fingerprint density at radius 3 is 1.74 bits per heavy atom. The van der Waals surface area contributed by atoms with Gasteiger partial charge in [-0.2, -0.15) is 0 Å². The van der Waals surface area contributed by atoms with Crippen molar-refractivity contribution in [2.75, 3.05) is 34.7 Å². The number of esters is 1. The smallest absolute Gasteiger partial charge is 0.332 e. The van der Waals surface area contributed by atoms with E-state index < -0.39 is 137 Å². The molecule has 0 radical (unpaired) electrons. The van der Waals surface area contributed by atoms with Crippen molar-refractivity contribution in [1.29, 1.82) is 0 Å². The fraction of sp³-hybridized carbons (Fsp3) is 0.554. The van der Waals surface area contributed by atoms with E-state index in [4.69, 9.17) is 9.47 Å². The molecule has 0 saturated carbocycles. The Kier molecular flexibility index (Phi) is 26.5. The van der Waals surface area contributed by atoms with E-state index >= 15 is 28.8 Å². The van der Waals surface area contributed by atoms with Crippen LogP contribution in [0.15, 0.2) is 109 Å². The summed E-state index contributed by atoms with van der Waals surface area (Å²) in [5.41, 5.74) is 2.12.